The lowest BCUT2D eigenvalue weighted by Gasteiger charge is -2.48. The Morgan fingerprint density at radius 1 is 1.11 bits per heavy atom. The van der Waals surface area contributed by atoms with E-state index in [1.54, 1.807) is 32.2 Å². The van der Waals surface area contributed by atoms with Crippen molar-refractivity contribution in [3.8, 4) is 5.75 Å². The lowest BCUT2D eigenvalue weighted by atomic mass is 9.64. The summed E-state index contributed by atoms with van der Waals surface area (Å²) in [5.41, 5.74) is 2.05. The van der Waals surface area contributed by atoms with Gasteiger partial charge < -0.3 is 24.4 Å². The fourth-order valence-corrected chi connectivity index (χ4v) is 10.8. The smallest absolute Gasteiger partial charge is 0.264 e. The normalized spacial score (nSPS) is 33.6. The molecule has 2 aliphatic carbocycles. The summed E-state index contributed by atoms with van der Waals surface area (Å²) in [6.07, 6.45) is 9.65. The zero-order chi connectivity index (χ0) is 38.1. The predicted octanol–water partition coefficient (Wildman–Crippen LogP) is 5.39. The molecule has 1 saturated carbocycles. The number of aryl methyl sites for hydroxylation is 1. The van der Waals surface area contributed by atoms with E-state index in [2.05, 4.69) is 32.0 Å². The molecule has 1 amide bonds. The second kappa shape index (κ2) is 17.2. The molecule has 2 aromatic rings. The fourth-order valence-electron chi connectivity index (χ4n) is 9.35. The first kappa shape index (κ1) is 41.6. The lowest BCUT2D eigenvalue weighted by molar-refractivity contribution is -0.135. The largest absolute Gasteiger partial charge is 0.490 e. The molecule has 1 spiro atoms. The van der Waals surface area contributed by atoms with Crippen LogP contribution in [0.3, 0.4) is 0 Å². The molecule has 11 nitrogen and oxygen atoms in total. The maximum atomic E-state index is 13.4. The Morgan fingerprint density at radius 3 is 2.69 bits per heavy atom. The van der Waals surface area contributed by atoms with Gasteiger partial charge in [0.15, 0.2) is 6.29 Å². The SMILES string of the molecule is C.C1CN2CCOC[C@H]2CN1.CO[C@]1(C=O)/C=C/C[C@H](C)[C@@H](C)S(=O)(=O)NC(=O)c2ccc3c(c2)N(C[C@@H]2CC[C@H]21)C[C@@]1(CCCc2cc(Cl)ccc21)CO3. The van der Waals surface area contributed by atoms with Crippen LogP contribution in [0.15, 0.2) is 48.6 Å². The van der Waals surface area contributed by atoms with Crippen molar-refractivity contribution in [1.82, 2.24) is 14.9 Å². The number of allylic oxidation sites excluding steroid dienone is 1. The molecule has 2 bridgehead atoms. The van der Waals surface area contributed by atoms with Crippen molar-refractivity contribution in [2.24, 2.45) is 17.8 Å². The minimum Gasteiger partial charge on any atom is -0.490 e. The maximum absolute atomic E-state index is 13.4. The van der Waals surface area contributed by atoms with Crippen molar-refractivity contribution >= 4 is 39.5 Å². The Labute approximate surface area is 332 Å². The number of halogens is 1. The van der Waals surface area contributed by atoms with Gasteiger partial charge in [0.05, 0.1) is 30.8 Å². The van der Waals surface area contributed by atoms with Crippen LogP contribution in [-0.4, -0.2) is 109 Å². The van der Waals surface area contributed by atoms with Crippen molar-refractivity contribution in [2.75, 3.05) is 71.1 Å². The average molecular weight is 799 g/mol. The number of benzene rings is 2. The number of sulfonamides is 1. The van der Waals surface area contributed by atoms with Crippen LogP contribution in [0.4, 0.5) is 5.69 Å². The van der Waals surface area contributed by atoms with Gasteiger partial charge in [0, 0.05) is 74.3 Å². The van der Waals surface area contributed by atoms with E-state index in [1.165, 1.54) is 17.7 Å². The predicted molar refractivity (Wildman–Crippen MR) is 217 cm³/mol. The Kier molecular flexibility index (Phi) is 13.0. The summed E-state index contributed by atoms with van der Waals surface area (Å²) < 4.78 is 46.7. The van der Waals surface area contributed by atoms with E-state index >= 15 is 0 Å². The molecule has 2 saturated heterocycles. The van der Waals surface area contributed by atoms with Gasteiger partial charge in [-0.1, -0.05) is 38.1 Å². The number of hydrogen-bond donors (Lipinski definition) is 2. The van der Waals surface area contributed by atoms with E-state index in [0.29, 0.717) is 42.9 Å². The van der Waals surface area contributed by atoms with Crippen LogP contribution >= 0.6 is 11.6 Å². The number of fused-ring (bicyclic) bond motifs is 5. The number of carbonyl (C=O) groups excluding carboxylic acids is 2. The van der Waals surface area contributed by atoms with E-state index in [4.69, 9.17) is 25.8 Å². The Hall–Kier alpha value is -3.00. The summed E-state index contributed by atoms with van der Waals surface area (Å²) in [6, 6.07) is 11.9. The van der Waals surface area contributed by atoms with E-state index in [0.717, 1.165) is 76.9 Å². The second-order valence-electron chi connectivity index (χ2n) is 16.2. The molecule has 55 heavy (non-hydrogen) atoms. The molecular weight excluding hydrogens is 740 g/mol. The van der Waals surface area contributed by atoms with Crippen molar-refractivity contribution in [1.29, 1.82) is 0 Å². The van der Waals surface area contributed by atoms with Gasteiger partial charge in [-0.3, -0.25) is 14.5 Å². The summed E-state index contributed by atoms with van der Waals surface area (Å²) in [7, 11) is -2.41. The molecule has 0 unspecified atom stereocenters. The molecule has 2 aromatic carbocycles. The molecule has 0 radical (unpaired) electrons. The van der Waals surface area contributed by atoms with E-state index in [1.807, 2.05) is 25.1 Å². The van der Waals surface area contributed by atoms with E-state index in [-0.39, 0.29) is 36.2 Å². The summed E-state index contributed by atoms with van der Waals surface area (Å²) >= 11 is 6.40. The third-order valence-corrected chi connectivity index (χ3v) is 15.2. The highest BCUT2D eigenvalue weighted by Gasteiger charge is 2.49. The van der Waals surface area contributed by atoms with Crippen molar-refractivity contribution < 1.29 is 32.2 Å². The molecular formula is C42H59ClN4O7S. The van der Waals surface area contributed by atoms with Gasteiger partial charge in [0.25, 0.3) is 5.91 Å². The van der Waals surface area contributed by atoms with Gasteiger partial charge in [0.1, 0.15) is 11.4 Å². The minimum atomic E-state index is -3.97. The molecule has 2 N–H and O–H groups in total. The van der Waals surface area contributed by atoms with Crippen LogP contribution in [0.1, 0.15) is 74.9 Å². The first-order valence-electron chi connectivity index (χ1n) is 19.6. The van der Waals surface area contributed by atoms with Crippen molar-refractivity contribution in [3.63, 3.8) is 0 Å². The molecule has 3 fully saturated rings. The van der Waals surface area contributed by atoms with Gasteiger partial charge in [-0.15, -0.1) is 0 Å². The first-order chi connectivity index (χ1) is 26.0. The third kappa shape index (κ3) is 8.50. The molecule has 13 heteroatoms. The number of morpholine rings is 1. The molecule has 4 aliphatic heterocycles. The molecule has 7 atom stereocenters. The van der Waals surface area contributed by atoms with Gasteiger partial charge in [0.2, 0.25) is 10.0 Å². The molecule has 6 aliphatic rings. The summed E-state index contributed by atoms with van der Waals surface area (Å²) in [5.74, 6) is -0.203. The summed E-state index contributed by atoms with van der Waals surface area (Å²) in [5, 5.41) is 3.24. The number of hydrogen-bond acceptors (Lipinski definition) is 10. The number of nitrogens with zero attached hydrogens (tertiary/aromatic N) is 2. The Morgan fingerprint density at radius 2 is 1.95 bits per heavy atom. The van der Waals surface area contributed by atoms with Gasteiger partial charge in [-0.2, -0.15) is 0 Å². The highest BCUT2D eigenvalue weighted by molar-refractivity contribution is 7.90. The molecule has 8 rings (SSSR count). The van der Waals surface area contributed by atoms with Crippen molar-refractivity contribution in [2.45, 2.75) is 82.1 Å². The summed E-state index contributed by atoms with van der Waals surface area (Å²) in [4.78, 5) is 30.9. The van der Waals surface area contributed by atoms with Crippen LogP contribution in [0.25, 0.3) is 0 Å². The number of anilines is 1. The van der Waals surface area contributed by atoms with Crippen molar-refractivity contribution in [3.05, 3.63) is 70.3 Å². The summed E-state index contributed by atoms with van der Waals surface area (Å²) in [6.45, 7) is 11.6. The highest BCUT2D eigenvalue weighted by atomic mass is 35.5. The van der Waals surface area contributed by atoms with Crippen LogP contribution < -0.4 is 19.7 Å². The standard InChI is InChI=1S/C34H41ClN2O6S.C7H14N2O.CH4/c1-22-6-4-15-34(20-38,42-3)29-11-8-26(29)18-37-19-33(14-5-7-24-16-27(35)10-12-28(24)33)21-43-31-13-9-25(17-30(31)37)32(39)36-44(40,41)23(22)2;1-2-9-3-4-10-6-7(9)5-8-1;/h4,9-10,12-13,15-17,20,22-23,26,29H,5-8,11,14,18-19,21H2,1-3H3,(H,36,39);7-8H,1-6H2;1H4/b15-4+;;/t22-,23+,26-,29+,33-,34-;7-;/m01./s1. The monoisotopic (exact) mass is 798 g/mol. The van der Waals surface area contributed by atoms with Crippen LogP contribution in [0.2, 0.25) is 5.02 Å². The zero-order valence-electron chi connectivity index (χ0n) is 31.7. The topological polar surface area (TPSA) is 127 Å². The zero-order valence-corrected chi connectivity index (χ0v) is 33.3. The number of amides is 1. The Bertz CT molecular complexity index is 1820. The van der Waals surface area contributed by atoms with E-state index < -0.39 is 26.8 Å². The average Bonchev–Trinajstić information content (AvgIpc) is 3.32. The number of rotatable bonds is 2. The number of ether oxygens (including phenoxy) is 3. The fraction of sp³-hybridized carbons (Fsp3) is 0.619. The number of piperazine rings is 1. The third-order valence-electron chi connectivity index (χ3n) is 13.0. The van der Waals surface area contributed by atoms with Crippen LogP contribution in [0.5, 0.6) is 5.75 Å². The van der Waals surface area contributed by atoms with Gasteiger partial charge in [-0.25, -0.2) is 13.1 Å². The van der Waals surface area contributed by atoms with Gasteiger partial charge in [-0.05, 0) is 105 Å². The van der Waals surface area contributed by atoms with Crippen LogP contribution in [-0.2, 0) is 36.1 Å². The van der Waals surface area contributed by atoms with E-state index in [9.17, 15) is 18.0 Å². The number of nitrogens with one attached hydrogen (secondary N) is 2. The maximum Gasteiger partial charge on any atom is 0.264 e. The minimum absolute atomic E-state index is 0. The second-order valence-corrected chi connectivity index (χ2v) is 18.6. The lowest BCUT2D eigenvalue weighted by Crippen LogP contribution is -2.56. The quantitative estimate of drug-likeness (QED) is 0.302. The van der Waals surface area contributed by atoms with Gasteiger partial charge >= 0.3 is 0 Å². The number of aldehydes is 1. The highest BCUT2D eigenvalue weighted by Crippen LogP contribution is 2.48. The Balaban J connectivity index is 0.000000403. The molecule has 4 heterocycles. The number of carbonyl (C=O) groups is 2. The molecule has 302 valence electrons. The first-order valence-corrected chi connectivity index (χ1v) is 21.5. The van der Waals surface area contributed by atoms with Crippen LogP contribution in [0, 0.1) is 17.8 Å². The number of methoxy groups -OCH3 is 1. The molecule has 0 aromatic heterocycles.